The van der Waals surface area contributed by atoms with Crippen molar-refractivity contribution in [3.8, 4) is 0 Å². The lowest BCUT2D eigenvalue weighted by Crippen LogP contribution is -2.32. The van der Waals surface area contributed by atoms with Gasteiger partial charge in [0.15, 0.2) is 6.10 Å². The van der Waals surface area contributed by atoms with E-state index in [1.807, 2.05) is 6.08 Å². The number of carbonyl (C=O) groups excluding carboxylic acids is 2. The van der Waals surface area contributed by atoms with Crippen LogP contribution in [0.15, 0.2) is 24.3 Å². The summed E-state index contributed by atoms with van der Waals surface area (Å²) in [7, 11) is -4.41. The number of hydrogen-bond acceptors (Lipinski definition) is 8. The van der Waals surface area contributed by atoms with Gasteiger partial charge in [-0.1, -0.05) is 154 Å². The highest BCUT2D eigenvalue weighted by Crippen LogP contribution is 2.43. The van der Waals surface area contributed by atoms with E-state index in [2.05, 4.69) is 39.0 Å². The predicted octanol–water partition coefficient (Wildman–Crippen LogP) is 11.5. The molecule has 0 aromatic heterocycles. The van der Waals surface area contributed by atoms with Gasteiger partial charge in [0.05, 0.1) is 19.1 Å². The van der Waals surface area contributed by atoms with E-state index in [9.17, 15) is 19.0 Å². The Bertz CT molecular complexity index is 912. The number of nitrogens with two attached hydrogens (primary N) is 1. The fourth-order valence-electron chi connectivity index (χ4n) is 5.74. The Balaban J connectivity index is 4.82. The number of allylic oxidation sites excluding steroid dienone is 3. The zero-order valence-corrected chi connectivity index (χ0v) is 33.9. The minimum absolute atomic E-state index is 0.0467. The van der Waals surface area contributed by atoms with Gasteiger partial charge in [0.25, 0.3) is 0 Å². The Kier molecular flexibility index (Phi) is 35.7. The number of esters is 2. The largest absolute Gasteiger partial charge is 0.472 e. The topological polar surface area (TPSA) is 134 Å². The van der Waals surface area contributed by atoms with Gasteiger partial charge >= 0.3 is 19.8 Å². The molecule has 0 heterocycles. The molecule has 0 aliphatic heterocycles. The molecule has 300 valence electrons. The fraction of sp³-hybridized carbons (Fsp3) is 0.854. The monoisotopic (exact) mass is 744 g/mol. The van der Waals surface area contributed by atoms with Gasteiger partial charge < -0.3 is 20.1 Å². The summed E-state index contributed by atoms with van der Waals surface area (Å²) in [5.41, 5.74) is 5.38. The van der Waals surface area contributed by atoms with Gasteiger partial charge in [0.2, 0.25) is 0 Å². The summed E-state index contributed by atoms with van der Waals surface area (Å²) in [6.07, 6.45) is 36.0. The zero-order chi connectivity index (χ0) is 37.7. The van der Waals surface area contributed by atoms with Crippen LogP contribution in [0, 0.1) is 5.92 Å². The van der Waals surface area contributed by atoms with Crippen molar-refractivity contribution in [2.75, 3.05) is 26.4 Å². The summed E-state index contributed by atoms with van der Waals surface area (Å²) in [6, 6.07) is 0. The molecule has 0 bridgehead atoms. The van der Waals surface area contributed by atoms with Gasteiger partial charge in [-0.05, 0) is 51.4 Å². The second-order valence-corrected chi connectivity index (χ2v) is 15.4. The molecular weight excluding hydrogens is 665 g/mol. The second kappa shape index (κ2) is 36.8. The molecule has 0 fully saturated rings. The van der Waals surface area contributed by atoms with Crippen LogP contribution in [0.25, 0.3) is 0 Å². The summed E-state index contributed by atoms with van der Waals surface area (Å²) in [5, 5.41) is 0. The maximum Gasteiger partial charge on any atom is 0.472 e. The highest BCUT2D eigenvalue weighted by Gasteiger charge is 2.28. The van der Waals surface area contributed by atoms with E-state index >= 15 is 0 Å². The number of carbonyl (C=O) groups is 2. The third-order valence-corrected chi connectivity index (χ3v) is 9.90. The molecule has 3 atom stereocenters. The van der Waals surface area contributed by atoms with Crippen LogP contribution < -0.4 is 5.73 Å². The van der Waals surface area contributed by atoms with E-state index in [0.29, 0.717) is 6.42 Å². The van der Waals surface area contributed by atoms with E-state index < -0.39 is 38.4 Å². The molecule has 0 aromatic carbocycles. The number of unbranched alkanes of at least 4 members (excludes halogenated alkanes) is 20. The molecule has 3 unspecified atom stereocenters. The maximum absolute atomic E-state index is 13.4. The fourth-order valence-corrected chi connectivity index (χ4v) is 6.50. The van der Waals surface area contributed by atoms with Crippen LogP contribution >= 0.6 is 7.82 Å². The van der Waals surface area contributed by atoms with Crippen LogP contribution in [0.2, 0.25) is 0 Å². The van der Waals surface area contributed by atoms with E-state index in [0.717, 1.165) is 77.0 Å². The van der Waals surface area contributed by atoms with Gasteiger partial charge in [-0.15, -0.1) is 0 Å². The van der Waals surface area contributed by atoms with Crippen LogP contribution in [-0.4, -0.2) is 49.3 Å². The summed E-state index contributed by atoms with van der Waals surface area (Å²) in [4.78, 5) is 35.9. The number of rotatable bonds is 38. The predicted molar refractivity (Wildman–Crippen MR) is 210 cm³/mol. The third kappa shape index (κ3) is 34.0. The summed E-state index contributed by atoms with van der Waals surface area (Å²) in [5.74, 6) is -1.30. The van der Waals surface area contributed by atoms with Crippen LogP contribution in [0.3, 0.4) is 0 Å². The third-order valence-electron chi connectivity index (χ3n) is 8.92. The molecule has 0 aliphatic rings. The van der Waals surface area contributed by atoms with Crippen molar-refractivity contribution >= 4 is 19.8 Å². The van der Waals surface area contributed by atoms with Gasteiger partial charge in [0.1, 0.15) is 6.61 Å². The van der Waals surface area contributed by atoms with Gasteiger partial charge in [-0.2, -0.15) is 0 Å². The first-order valence-electron chi connectivity index (χ1n) is 20.8. The Morgan fingerprint density at radius 2 is 1.14 bits per heavy atom. The summed E-state index contributed by atoms with van der Waals surface area (Å²) in [6.45, 7) is 5.77. The van der Waals surface area contributed by atoms with Crippen molar-refractivity contribution in [2.45, 2.75) is 194 Å². The number of hydrogen-bond donors (Lipinski definition) is 2. The molecule has 0 radical (unpaired) electrons. The normalized spacial score (nSPS) is 14.2. The van der Waals surface area contributed by atoms with Crippen LogP contribution in [-0.2, 0) is 32.7 Å². The Labute approximate surface area is 312 Å². The van der Waals surface area contributed by atoms with Crippen molar-refractivity contribution in [1.29, 1.82) is 0 Å². The van der Waals surface area contributed by atoms with Crippen molar-refractivity contribution < 1.29 is 37.6 Å². The highest BCUT2D eigenvalue weighted by atomic mass is 31.2. The summed E-state index contributed by atoms with van der Waals surface area (Å²) >= 11 is 0. The quantitative estimate of drug-likeness (QED) is 0.0274. The van der Waals surface area contributed by atoms with Crippen LogP contribution in [0.4, 0.5) is 0 Å². The molecule has 10 heteroatoms. The molecule has 0 aromatic rings. The average molecular weight is 744 g/mol. The van der Waals surface area contributed by atoms with Gasteiger partial charge in [-0.3, -0.25) is 18.6 Å². The summed E-state index contributed by atoms with van der Waals surface area (Å²) < 4.78 is 33.4. The van der Waals surface area contributed by atoms with Gasteiger partial charge in [-0.25, -0.2) is 4.57 Å². The van der Waals surface area contributed by atoms with Crippen LogP contribution in [0.1, 0.15) is 188 Å². The first-order valence-corrected chi connectivity index (χ1v) is 22.3. The molecule has 0 aliphatic carbocycles. The van der Waals surface area contributed by atoms with Crippen LogP contribution in [0.5, 0.6) is 0 Å². The van der Waals surface area contributed by atoms with E-state index in [4.69, 9.17) is 24.3 Å². The van der Waals surface area contributed by atoms with Crippen molar-refractivity contribution in [1.82, 2.24) is 0 Å². The lowest BCUT2D eigenvalue weighted by atomic mass is 9.99. The van der Waals surface area contributed by atoms with E-state index in [1.54, 1.807) is 0 Å². The Morgan fingerprint density at radius 3 is 1.69 bits per heavy atom. The molecule has 3 N–H and O–H groups in total. The first-order chi connectivity index (χ1) is 24.8. The average Bonchev–Trinajstić information content (AvgIpc) is 3.12. The second-order valence-electron chi connectivity index (χ2n) is 13.9. The maximum atomic E-state index is 13.4. The molecule has 51 heavy (non-hydrogen) atoms. The van der Waals surface area contributed by atoms with Crippen molar-refractivity contribution in [3.63, 3.8) is 0 Å². The van der Waals surface area contributed by atoms with E-state index in [-0.39, 0.29) is 26.2 Å². The van der Waals surface area contributed by atoms with Crippen molar-refractivity contribution in [3.05, 3.63) is 24.3 Å². The number of phosphoric ester groups is 1. The molecule has 0 saturated heterocycles. The molecule has 0 spiro atoms. The molecular formula is C41H78NO8P. The molecule has 0 rings (SSSR count). The lowest BCUT2D eigenvalue weighted by Gasteiger charge is -2.22. The first kappa shape index (κ1) is 49.5. The smallest absolute Gasteiger partial charge is 0.462 e. The Hall–Kier alpha value is -1.51. The Morgan fingerprint density at radius 1 is 0.647 bits per heavy atom. The van der Waals surface area contributed by atoms with E-state index in [1.165, 1.54) is 77.0 Å². The number of phosphoric acid groups is 1. The number of ether oxygens (including phenoxy) is 2. The van der Waals surface area contributed by atoms with Crippen molar-refractivity contribution in [2.24, 2.45) is 11.7 Å². The molecule has 9 nitrogen and oxygen atoms in total. The lowest BCUT2D eigenvalue weighted by molar-refractivity contribution is -0.163. The highest BCUT2D eigenvalue weighted by molar-refractivity contribution is 7.47. The minimum atomic E-state index is -4.41. The zero-order valence-electron chi connectivity index (χ0n) is 33.0. The standard InChI is InChI=1S/C41H78NO8P/c1-4-7-10-13-15-17-18-19-20-21-22-23-25-27-30-33-40(43)47-36-39(37-49-51(45,46)48-35-34-42)50-41(44)38(31-28-12-9-6-3)32-29-26-24-16-14-11-8-5-2/h19-20,29,32,38-39H,4-18,21-28,30-31,33-37,42H2,1-3H3,(H,45,46)/b20-19+,32-29?. The SMILES string of the molecule is CCCCCCCCC=CC(CCCCCC)C(=O)OC(COC(=O)CCCCCCC/C=C/CCCCCCCC)COP(=O)(O)OCCN. The van der Waals surface area contributed by atoms with Gasteiger partial charge in [0, 0.05) is 13.0 Å². The molecule has 0 saturated carbocycles. The molecule has 0 amide bonds. The minimum Gasteiger partial charge on any atom is -0.462 e.